The van der Waals surface area contributed by atoms with Crippen LogP contribution in [0, 0.1) is 0 Å². The van der Waals surface area contributed by atoms with Crippen LogP contribution in [0.3, 0.4) is 0 Å². The van der Waals surface area contributed by atoms with E-state index in [9.17, 15) is 10.0 Å². The Balaban J connectivity index is 2.31. The molecule has 0 aromatic carbocycles. The predicted molar refractivity (Wildman–Crippen MR) is 58.5 cm³/mol. The van der Waals surface area contributed by atoms with E-state index in [1.165, 1.54) is 18.3 Å². The minimum absolute atomic E-state index is 0.0333. The zero-order valence-electron chi connectivity index (χ0n) is 8.45. The van der Waals surface area contributed by atoms with Crippen LogP contribution < -0.4 is 5.49 Å². The number of hydrogen-bond acceptors (Lipinski definition) is 3. The maximum absolute atomic E-state index is 10.9. The molecule has 4 nitrogen and oxygen atoms in total. The third-order valence-corrected chi connectivity index (χ3v) is 2.04. The Bertz CT molecular complexity index is 544. The molecule has 0 bridgehead atoms. The number of rotatable bonds is 1. The Morgan fingerprint density at radius 2 is 1.94 bits per heavy atom. The number of aromatic nitrogens is 1. The van der Waals surface area contributed by atoms with Crippen LogP contribution in [0.15, 0.2) is 65.5 Å². The molecule has 0 fully saturated rings. The first kappa shape index (κ1) is 10.2. The second kappa shape index (κ2) is 4.44. The van der Waals surface area contributed by atoms with Gasteiger partial charge < -0.3 is 5.21 Å². The van der Waals surface area contributed by atoms with Crippen molar-refractivity contribution in [2.75, 3.05) is 0 Å². The number of pyridine rings is 1. The van der Waals surface area contributed by atoms with Gasteiger partial charge in [-0.05, 0) is 42.0 Å². The van der Waals surface area contributed by atoms with Crippen LogP contribution in [0.4, 0.5) is 0 Å². The van der Waals surface area contributed by atoms with Gasteiger partial charge in [0.2, 0.25) is 0 Å². The molecule has 4 heteroatoms. The summed E-state index contributed by atoms with van der Waals surface area (Å²) in [4.78, 5) is 15.0. The van der Waals surface area contributed by atoms with Crippen LogP contribution in [-0.4, -0.2) is 15.7 Å². The van der Waals surface area contributed by atoms with E-state index >= 15 is 0 Å². The predicted octanol–water partition coefficient (Wildman–Crippen LogP) is 1.21. The fourth-order valence-electron chi connectivity index (χ4n) is 1.22. The Kier molecular flexibility index (Phi) is 2.82. The number of carbonyl (C=O) groups excluding carboxylic acids is 1. The highest BCUT2D eigenvalue weighted by Crippen LogP contribution is 2.05. The zero-order valence-corrected chi connectivity index (χ0v) is 8.45. The largest absolute Gasteiger partial charge is 0.427 e. The molecule has 1 heterocycles. The van der Waals surface area contributed by atoms with E-state index in [2.05, 4.69) is 4.99 Å². The summed E-state index contributed by atoms with van der Waals surface area (Å²) >= 11 is 0. The standard InChI is InChI=1S/C12H10N2O2/c15-11-6-4-10(5-7-11)9-13-12-3-1-2-8-14(12)16/h1-9,16H. The van der Waals surface area contributed by atoms with Gasteiger partial charge in [-0.2, -0.15) is 4.73 Å². The topological polar surface area (TPSA) is 54.6 Å². The van der Waals surface area contributed by atoms with E-state index < -0.39 is 0 Å². The van der Waals surface area contributed by atoms with Gasteiger partial charge in [0.25, 0.3) is 0 Å². The first-order valence-electron chi connectivity index (χ1n) is 4.77. The quantitative estimate of drug-likeness (QED) is 0.714. The Labute approximate surface area is 92.1 Å². The second-order valence-electron chi connectivity index (χ2n) is 3.23. The van der Waals surface area contributed by atoms with Crippen LogP contribution in [0.2, 0.25) is 0 Å². The SMILES string of the molecule is O=C1C=CC(=CN=c2ccccn2O)C=C1. The van der Waals surface area contributed by atoms with Gasteiger partial charge in [0.1, 0.15) is 0 Å². The molecule has 0 saturated carbocycles. The fourth-order valence-corrected chi connectivity index (χ4v) is 1.22. The van der Waals surface area contributed by atoms with Crippen molar-refractivity contribution < 1.29 is 10.0 Å². The molecule has 0 atom stereocenters. The molecule has 0 aliphatic heterocycles. The lowest BCUT2D eigenvalue weighted by molar-refractivity contribution is -0.110. The molecule has 0 saturated heterocycles. The molecular formula is C12H10N2O2. The van der Waals surface area contributed by atoms with Crippen molar-refractivity contribution in [1.29, 1.82) is 0 Å². The summed E-state index contributed by atoms with van der Waals surface area (Å²) < 4.78 is 0.929. The number of hydrogen-bond donors (Lipinski definition) is 1. The summed E-state index contributed by atoms with van der Waals surface area (Å²) in [6, 6.07) is 5.16. The number of ketones is 1. The third-order valence-electron chi connectivity index (χ3n) is 2.04. The monoisotopic (exact) mass is 214 g/mol. The van der Waals surface area contributed by atoms with Crippen LogP contribution in [0.25, 0.3) is 0 Å². The summed E-state index contributed by atoms with van der Waals surface area (Å²) in [5.41, 5.74) is 1.23. The maximum atomic E-state index is 10.9. The maximum Gasteiger partial charge on any atom is 0.178 e. The lowest BCUT2D eigenvalue weighted by Crippen LogP contribution is -2.16. The average molecular weight is 214 g/mol. The lowest BCUT2D eigenvalue weighted by atomic mass is 10.1. The van der Waals surface area contributed by atoms with Crippen molar-refractivity contribution in [1.82, 2.24) is 4.73 Å². The Morgan fingerprint density at radius 1 is 1.19 bits per heavy atom. The first-order valence-corrected chi connectivity index (χ1v) is 4.77. The minimum Gasteiger partial charge on any atom is -0.427 e. The second-order valence-corrected chi connectivity index (χ2v) is 3.23. The molecule has 1 aromatic heterocycles. The first-order chi connectivity index (χ1) is 7.75. The molecule has 0 radical (unpaired) electrons. The summed E-state index contributed by atoms with van der Waals surface area (Å²) in [5, 5.41) is 9.39. The van der Waals surface area contributed by atoms with Crippen LogP contribution in [0.1, 0.15) is 0 Å². The third kappa shape index (κ3) is 2.36. The van der Waals surface area contributed by atoms with Gasteiger partial charge in [0, 0.05) is 12.4 Å². The van der Waals surface area contributed by atoms with Crippen molar-refractivity contribution in [2.24, 2.45) is 4.99 Å². The van der Waals surface area contributed by atoms with Crippen molar-refractivity contribution >= 4 is 5.78 Å². The van der Waals surface area contributed by atoms with Gasteiger partial charge in [0.15, 0.2) is 11.3 Å². The summed E-state index contributed by atoms with van der Waals surface area (Å²) in [6.07, 6.45) is 9.38. The number of allylic oxidation sites excluding steroid dienone is 5. The summed E-state index contributed by atoms with van der Waals surface area (Å²) in [7, 11) is 0. The molecular weight excluding hydrogens is 204 g/mol. The van der Waals surface area contributed by atoms with Gasteiger partial charge >= 0.3 is 0 Å². The molecule has 0 amide bonds. The van der Waals surface area contributed by atoms with Crippen molar-refractivity contribution in [3.63, 3.8) is 0 Å². The molecule has 1 aromatic rings. The normalized spacial score (nSPS) is 15.6. The molecule has 1 N–H and O–H groups in total. The highest BCUT2D eigenvalue weighted by Gasteiger charge is 1.96. The molecule has 0 spiro atoms. The molecule has 80 valence electrons. The highest BCUT2D eigenvalue weighted by molar-refractivity contribution is 6.01. The fraction of sp³-hybridized carbons (Fsp3) is 0. The molecule has 1 aliphatic carbocycles. The van der Waals surface area contributed by atoms with Crippen molar-refractivity contribution in [3.05, 3.63) is 66.0 Å². The van der Waals surface area contributed by atoms with E-state index in [-0.39, 0.29) is 5.78 Å². The minimum atomic E-state index is -0.0333. The number of carbonyl (C=O) groups is 1. The van der Waals surface area contributed by atoms with Crippen molar-refractivity contribution in [3.8, 4) is 0 Å². The van der Waals surface area contributed by atoms with Crippen LogP contribution in [-0.2, 0) is 4.79 Å². The lowest BCUT2D eigenvalue weighted by Gasteiger charge is -1.97. The van der Waals surface area contributed by atoms with Gasteiger partial charge in [0.05, 0.1) is 0 Å². The zero-order chi connectivity index (χ0) is 11.4. The molecule has 0 unspecified atom stereocenters. The number of nitrogens with zero attached hydrogens (tertiary/aromatic N) is 2. The summed E-state index contributed by atoms with van der Waals surface area (Å²) in [6.45, 7) is 0. The Hall–Kier alpha value is -2.36. The van der Waals surface area contributed by atoms with Gasteiger partial charge in [-0.3, -0.25) is 4.79 Å². The van der Waals surface area contributed by atoms with E-state index in [4.69, 9.17) is 0 Å². The van der Waals surface area contributed by atoms with Gasteiger partial charge in [-0.1, -0.05) is 6.07 Å². The van der Waals surface area contributed by atoms with Crippen LogP contribution >= 0.6 is 0 Å². The van der Waals surface area contributed by atoms with Gasteiger partial charge in [-0.25, -0.2) is 4.99 Å². The smallest absolute Gasteiger partial charge is 0.178 e. The van der Waals surface area contributed by atoms with Gasteiger partial charge in [-0.15, -0.1) is 0 Å². The Morgan fingerprint density at radius 3 is 2.62 bits per heavy atom. The van der Waals surface area contributed by atoms with E-state index in [1.807, 2.05) is 0 Å². The van der Waals surface area contributed by atoms with Crippen molar-refractivity contribution in [2.45, 2.75) is 0 Å². The van der Waals surface area contributed by atoms with E-state index in [0.29, 0.717) is 5.49 Å². The molecule has 1 aliphatic rings. The highest BCUT2D eigenvalue weighted by atomic mass is 16.5. The summed E-state index contributed by atoms with van der Waals surface area (Å²) in [5.74, 6) is -0.0333. The van der Waals surface area contributed by atoms with E-state index in [0.717, 1.165) is 10.3 Å². The molecule has 2 rings (SSSR count). The van der Waals surface area contributed by atoms with E-state index in [1.54, 1.807) is 36.6 Å². The molecule has 16 heavy (non-hydrogen) atoms. The average Bonchev–Trinajstić information content (AvgIpc) is 2.30. The van der Waals surface area contributed by atoms with Crippen LogP contribution in [0.5, 0.6) is 0 Å².